The zero-order chi connectivity index (χ0) is 27.4. The topological polar surface area (TPSA) is 125 Å². The highest BCUT2D eigenvalue weighted by Crippen LogP contribution is 2.56. The van der Waals surface area contributed by atoms with Gasteiger partial charge >= 0.3 is 0 Å². The van der Waals surface area contributed by atoms with Gasteiger partial charge in [-0.2, -0.15) is 0 Å². The summed E-state index contributed by atoms with van der Waals surface area (Å²) < 4.78 is 60.1. The van der Waals surface area contributed by atoms with Crippen LogP contribution in [0.4, 0.5) is 0 Å². The van der Waals surface area contributed by atoms with Gasteiger partial charge in [0.15, 0.2) is 0 Å². The smallest absolute Gasteiger partial charge is 0.241 e. The fraction of sp³-hybridized carbons (Fsp3) is 0.567. The molecule has 3 unspecified atom stereocenters. The highest BCUT2D eigenvalue weighted by Gasteiger charge is 2.52. The molecule has 2 aromatic carbocycles. The molecule has 7 aliphatic carbocycles. The second-order valence-corrected chi connectivity index (χ2v) is 17.0. The Morgan fingerprint density at radius 2 is 1.27 bits per heavy atom. The average molecular weight is 582 g/mol. The maximum absolute atomic E-state index is 13.7. The quantitative estimate of drug-likeness (QED) is 0.290. The SMILES string of the molecule is O=S(=O)(NC1CC2CCC1C2)c1ccc2c(c1)/C(=N/O)c1cc(S(=O)(=O)NC34CC5CC(CC(C5)C3)C4)ccc1-2. The standard InChI is InChI=1S/C30H35N3O5S2/c34-31-29-26-12-22(39(35,36)32-28-11-17-1-2-21(28)10-17)3-5-24(26)25-6-4-23(13-27(25)29)40(37,38)33-30-14-18-7-19(15-30)9-20(8-18)16-30/h3-6,12-13,17-21,28,32-34H,1-2,7-11,14-16H2/b31-29-. The van der Waals surface area contributed by atoms with Gasteiger partial charge in [0.1, 0.15) is 5.71 Å². The van der Waals surface area contributed by atoms with Gasteiger partial charge in [-0.1, -0.05) is 23.7 Å². The van der Waals surface area contributed by atoms with Gasteiger partial charge in [0.05, 0.1) is 9.79 Å². The second-order valence-electron chi connectivity index (χ2n) is 13.6. The predicted octanol–water partition coefficient (Wildman–Crippen LogP) is 4.61. The van der Waals surface area contributed by atoms with Gasteiger partial charge in [-0.3, -0.25) is 0 Å². The van der Waals surface area contributed by atoms with Gasteiger partial charge in [-0.05, 0) is 123 Å². The van der Waals surface area contributed by atoms with E-state index in [1.54, 1.807) is 36.4 Å². The minimum absolute atomic E-state index is 0.0329. The molecular weight excluding hydrogens is 546 g/mol. The number of fused-ring (bicyclic) bond motifs is 5. The van der Waals surface area contributed by atoms with Gasteiger partial charge in [0.2, 0.25) is 20.0 Å². The van der Waals surface area contributed by atoms with Crippen molar-refractivity contribution in [3.63, 3.8) is 0 Å². The molecule has 0 radical (unpaired) electrons. The monoisotopic (exact) mass is 581 g/mol. The van der Waals surface area contributed by atoms with Crippen LogP contribution in [0.1, 0.15) is 75.3 Å². The van der Waals surface area contributed by atoms with E-state index in [4.69, 9.17) is 0 Å². The van der Waals surface area contributed by atoms with Gasteiger partial charge in [-0.25, -0.2) is 26.3 Å². The first-order valence-corrected chi connectivity index (χ1v) is 17.7. The van der Waals surface area contributed by atoms with E-state index in [1.165, 1.54) is 25.7 Å². The lowest BCUT2D eigenvalue weighted by molar-refractivity contribution is -0.00810. The highest BCUT2D eigenvalue weighted by molar-refractivity contribution is 7.89. The number of rotatable bonds is 6. The van der Waals surface area contributed by atoms with E-state index in [1.807, 2.05) is 0 Å². The van der Waals surface area contributed by atoms with Gasteiger partial charge in [-0.15, -0.1) is 0 Å². The minimum Gasteiger partial charge on any atom is -0.410 e. The van der Waals surface area contributed by atoms with Gasteiger partial charge in [0, 0.05) is 22.7 Å². The lowest BCUT2D eigenvalue weighted by Crippen LogP contribution is -2.59. The Morgan fingerprint density at radius 1 is 0.700 bits per heavy atom. The van der Waals surface area contributed by atoms with E-state index >= 15 is 0 Å². The van der Waals surface area contributed by atoms with Crippen LogP contribution in [0.25, 0.3) is 11.1 Å². The van der Waals surface area contributed by atoms with Crippen LogP contribution in [0.2, 0.25) is 0 Å². The van der Waals surface area contributed by atoms with E-state index in [2.05, 4.69) is 14.6 Å². The minimum atomic E-state index is -3.81. The third kappa shape index (κ3) is 3.93. The Labute approximate surface area is 235 Å². The van der Waals surface area contributed by atoms with Crippen molar-refractivity contribution in [3.8, 4) is 11.1 Å². The number of hydrogen-bond donors (Lipinski definition) is 3. The Hall–Kier alpha value is -2.27. The van der Waals surface area contributed by atoms with Crippen molar-refractivity contribution in [2.45, 2.75) is 85.6 Å². The van der Waals surface area contributed by atoms with Crippen molar-refractivity contribution in [1.82, 2.24) is 9.44 Å². The fourth-order valence-corrected chi connectivity index (χ4v) is 12.5. The van der Waals surface area contributed by atoms with Crippen LogP contribution < -0.4 is 9.44 Å². The summed E-state index contributed by atoms with van der Waals surface area (Å²) in [5.74, 6) is 2.85. The van der Waals surface area contributed by atoms with Crippen molar-refractivity contribution in [3.05, 3.63) is 47.5 Å². The summed E-state index contributed by atoms with van der Waals surface area (Å²) in [4.78, 5) is 0.265. The molecule has 3 N–H and O–H groups in total. The summed E-state index contributed by atoms with van der Waals surface area (Å²) in [6, 6.07) is 9.72. The summed E-state index contributed by atoms with van der Waals surface area (Å²) in [5.41, 5.74) is 2.24. The van der Waals surface area contributed by atoms with Crippen LogP contribution in [0, 0.1) is 29.6 Å². The molecular formula is C30H35N3O5S2. The van der Waals surface area contributed by atoms with Crippen molar-refractivity contribution < 1.29 is 22.0 Å². The predicted molar refractivity (Wildman–Crippen MR) is 150 cm³/mol. The van der Waals surface area contributed by atoms with Crippen molar-refractivity contribution in [2.75, 3.05) is 0 Å². The molecule has 6 bridgehead atoms. The molecule has 0 saturated heterocycles. The number of oxime groups is 1. The molecule has 2 aromatic rings. The molecule has 0 spiro atoms. The summed E-state index contributed by atoms with van der Waals surface area (Å²) >= 11 is 0. The Balaban J connectivity index is 1.08. The lowest BCUT2D eigenvalue weighted by Gasteiger charge is -2.56. The Bertz CT molecular complexity index is 1630. The molecule has 212 valence electrons. The summed E-state index contributed by atoms with van der Waals surface area (Å²) in [5, 5.41) is 13.5. The van der Waals surface area contributed by atoms with E-state index in [0.29, 0.717) is 40.7 Å². The van der Waals surface area contributed by atoms with E-state index in [-0.39, 0.29) is 27.1 Å². The summed E-state index contributed by atoms with van der Waals surface area (Å²) in [6.07, 6.45) is 10.6. The molecule has 9 rings (SSSR count). The number of nitrogens with zero attached hydrogens (tertiary/aromatic N) is 1. The average Bonchev–Trinajstić information content (AvgIpc) is 3.59. The van der Waals surface area contributed by atoms with E-state index in [0.717, 1.165) is 49.7 Å². The maximum atomic E-state index is 13.7. The normalized spacial score (nSPS) is 36.4. The third-order valence-electron chi connectivity index (χ3n) is 10.9. The van der Waals surface area contributed by atoms with Gasteiger partial charge < -0.3 is 5.21 Å². The zero-order valence-electron chi connectivity index (χ0n) is 22.3. The molecule has 6 saturated carbocycles. The molecule has 6 fully saturated rings. The number of nitrogens with one attached hydrogen (secondary N) is 2. The van der Waals surface area contributed by atoms with Crippen molar-refractivity contribution >= 4 is 25.8 Å². The van der Waals surface area contributed by atoms with Crippen LogP contribution in [-0.2, 0) is 20.0 Å². The molecule has 7 aliphatic rings. The fourth-order valence-electron chi connectivity index (χ4n) is 9.73. The number of hydrogen-bond acceptors (Lipinski definition) is 6. The van der Waals surface area contributed by atoms with Crippen LogP contribution >= 0.6 is 0 Å². The first-order valence-electron chi connectivity index (χ1n) is 14.7. The van der Waals surface area contributed by atoms with Crippen molar-refractivity contribution in [2.24, 2.45) is 34.7 Å². The molecule has 3 atom stereocenters. The number of benzene rings is 2. The molecule has 0 amide bonds. The first kappa shape index (κ1) is 25.4. The van der Waals surface area contributed by atoms with E-state index < -0.39 is 20.0 Å². The van der Waals surface area contributed by atoms with E-state index in [9.17, 15) is 22.0 Å². The molecule has 40 heavy (non-hydrogen) atoms. The van der Waals surface area contributed by atoms with Crippen LogP contribution in [0.3, 0.4) is 0 Å². The summed E-state index contributed by atoms with van der Waals surface area (Å²) in [6.45, 7) is 0. The van der Waals surface area contributed by atoms with Crippen molar-refractivity contribution in [1.29, 1.82) is 0 Å². The number of sulfonamides is 2. The third-order valence-corrected chi connectivity index (χ3v) is 14.0. The largest absolute Gasteiger partial charge is 0.410 e. The highest BCUT2D eigenvalue weighted by atomic mass is 32.2. The molecule has 0 aliphatic heterocycles. The summed E-state index contributed by atoms with van der Waals surface area (Å²) in [7, 11) is -7.56. The van der Waals surface area contributed by atoms with Crippen LogP contribution in [0.15, 0.2) is 51.3 Å². The zero-order valence-corrected chi connectivity index (χ0v) is 24.0. The molecule has 0 heterocycles. The Kier molecular flexibility index (Phi) is 5.49. The molecule has 8 nitrogen and oxygen atoms in total. The maximum Gasteiger partial charge on any atom is 0.241 e. The van der Waals surface area contributed by atoms with Gasteiger partial charge in [0.25, 0.3) is 0 Å². The molecule has 10 heteroatoms. The van der Waals surface area contributed by atoms with Crippen LogP contribution in [0.5, 0.6) is 0 Å². The Morgan fingerprint density at radius 3 is 1.77 bits per heavy atom. The second kappa shape index (κ2) is 8.63. The van der Waals surface area contributed by atoms with Crippen LogP contribution in [-0.4, -0.2) is 39.3 Å². The lowest BCUT2D eigenvalue weighted by atomic mass is 9.53. The molecule has 0 aromatic heterocycles. The first-order chi connectivity index (χ1) is 19.1.